The molecule has 0 aromatic heterocycles. The normalized spacial score (nSPS) is 10.7. The van der Waals surface area contributed by atoms with E-state index in [1.807, 2.05) is 24.3 Å². The van der Waals surface area contributed by atoms with Gasteiger partial charge in [0.2, 0.25) is 6.79 Å². The predicted octanol–water partition coefficient (Wildman–Crippen LogP) is 4.52. The number of ether oxygens (including phenoxy) is 2. The number of anilines is 2. The Morgan fingerprint density at radius 1 is 0.600 bits per heavy atom. The summed E-state index contributed by atoms with van der Waals surface area (Å²) in [4.78, 5) is 0. The fourth-order valence-electron chi connectivity index (χ4n) is 3.13. The number of nitrogen functional groups attached to an aromatic ring is 2. The third-order valence-electron chi connectivity index (χ3n) is 4.46. The number of hydrogen-bond donors (Lipinski definition) is 2. The molecule has 0 aliphatic rings. The van der Waals surface area contributed by atoms with Gasteiger partial charge >= 0.3 is 0 Å². The Morgan fingerprint density at radius 3 is 1.12 bits per heavy atom. The molecule has 4 N–H and O–H groups in total. The minimum atomic E-state index is 0.174. The van der Waals surface area contributed by atoms with Crippen molar-refractivity contribution in [2.75, 3.05) is 18.3 Å². The van der Waals surface area contributed by atoms with Crippen molar-refractivity contribution in [2.24, 2.45) is 0 Å². The van der Waals surface area contributed by atoms with Crippen LogP contribution in [0.2, 0.25) is 0 Å². The molecule has 136 valence electrons. The maximum absolute atomic E-state index is 6.03. The zero-order valence-electron chi connectivity index (χ0n) is 15.8. The zero-order chi connectivity index (χ0) is 18.4. The van der Waals surface area contributed by atoms with Gasteiger partial charge in [0.1, 0.15) is 11.5 Å². The molecule has 0 spiro atoms. The molecule has 0 heterocycles. The highest BCUT2D eigenvalue weighted by atomic mass is 16.7. The smallest absolute Gasteiger partial charge is 0.230 e. The summed E-state index contributed by atoms with van der Waals surface area (Å²) >= 11 is 0. The molecule has 0 aliphatic carbocycles. The van der Waals surface area contributed by atoms with Gasteiger partial charge in [0.25, 0.3) is 0 Å². The molecule has 2 aromatic rings. The van der Waals surface area contributed by atoms with Crippen LogP contribution in [0.3, 0.4) is 0 Å². The largest absolute Gasteiger partial charge is 0.457 e. The van der Waals surface area contributed by atoms with Gasteiger partial charge in [-0.3, -0.25) is 0 Å². The first kappa shape index (κ1) is 19.0. The van der Waals surface area contributed by atoms with Crippen LogP contribution in [0, 0.1) is 0 Å². The van der Waals surface area contributed by atoms with E-state index in [0.717, 1.165) is 70.8 Å². The summed E-state index contributed by atoms with van der Waals surface area (Å²) in [6, 6.07) is 7.92. The number of nitrogens with two attached hydrogens (primary N) is 2. The number of rotatable bonds is 8. The Hall–Kier alpha value is -2.36. The SMILES string of the molecule is CCc1cc(N)cc(CC)c1OCOc1c(CC)cc(N)cc1CC. The van der Waals surface area contributed by atoms with E-state index in [2.05, 4.69) is 27.7 Å². The second kappa shape index (κ2) is 8.65. The van der Waals surface area contributed by atoms with Crippen LogP contribution in [0.25, 0.3) is 0 Å². The maximum atomic E-state index is 6.03. The summed E-state index contributed by atoms with van der Waals surface area (Å²) < 4.78 is 12.1. The van der Waals surface area contributed by atoms with Crippen LogP contribution >= 0.6 is 0 Å². The lowest BCUT2D eigenvalue weighted by Crippen LogP contribution is -2.12. The fraction of sp³-hybridized carbons (Fsp3) is 0.429. The molecule has 0 amide bonds. The van der Waals surface area contributed by atoms with Gasteiger partial charge in [0.05, 0.1) is 0 Å². The molecule has 2 aromatic carbocycles. The first-order valence-electron chi connectivity index (χ1n) is 9.11. The molecular formula is C21H30N2O2. The predicted molar refractivity (Wildman–Crippen MR) is 105 cm³/mol. The minimum Gasteiger partial charge on any atom is -0.457 e. The van der Waals surface area contributed by atoms with Crippen LogP contribution in [0.5, 0.6) is 11.5 Å². The summed E-state index contributed by atoms with van der Waals surface area (Å²) in [7, 11) is 0. The number of hydrogen-bond acceptors (Lipinski definition) is 4. The summed E-state index contributed by atoms with van der Waals surface area (Å²) in [6.07, 6.45) is 3.48. The molecule has 0 radical (unpaired) electrons. The van der Waals surface area contributed by atoms with Crippen LogP contribution in [-0.4, -0.2) is 6.79 Å². The molecule has 2 rings (SSSR count). The van der Waals surface area contributed by atoms with E-state index in [1.165, 1.54) is 0 Å². The first-order chi connectivity index (χ1) is 12.0. The highest BCUT2D eigenvalue weighted by Gasteiger charge is 2.12. The van der Waals surface area contributed by atoms with Crippen molar-refractivity contribution in [1.29, 1.82) is 0 Å². The number of aryl methyl sites for hydroxylation is 4. The third-order valence-corrected chi connectivity index (χ3v) is 4.46. The Balaban J connectivity index is 2.22. The standard InChI is InChI=1S/C21H30N2O2/c1-5-14-9-18(22)10-15(6-2)20(14)24-13-25-21-16(7-3)11-19(23)12-17(21)8-4/h9-12H,5-8,13,22-23H2,1-4H3. The van der Waals surface area contributed by atoms with Gasteiger partial charge in [0, 0.05) is 11.4 Å². The average Bonchev–Trinajstić information content (AvgIpc) is 2.62. The molecule has 4 nitrogen and oxygen atoms in total. The molecule has 0 unspecified atom stereocenters. The summed E-state index contributed by atoms with van der Waals surface area (Å²) in [6.45, 7) is 8.59. The van der Waals surface area contributed by atoms with Crippen molar-refractivity contribution in [3.63, 3.8) is 0 Å². The van der Waals surface area contributed by atoms with Crippen LogP contribution < -0.4 is 20.9 Å². The van der Waals surface area contributed by atoms with E-state index in [1.54, 1.807) is 0 Å². The van der Waals surface area contributed by atoms with E-state index in [9.17, 15) is 0 Å². The van der Waals surface area contributed by atoms with Crippen molar-refractivity contribution in [3.05, 3.63) is 46.5 Å². The van der Waals surface area contributed by atoms with Crippen LogP contribution in [0.4, 0.5) is 11.4 Å². The van der Waals surface area contributed by atoms with E-state index < -0.39 is 0 Å². The first-order valence-corrected chi connectivity index (χ1v) is 9.11. The second-order valence-corrected chi connectivity index (χ2v) is 6.16. The van der Waals surface area contributed by atoms with Crippen LogP contribution in [0.15, 0.2) is 24.3 Å². The molecule has 0 aliphatic heterocycles. The van der Waals surface area contributed by atoms with E-state index in [-0.39, 0.29) is 6.79 Å². The summed E-state index contributed by atoms with van der Waals surface area (Å²) in [5, 5.41) is 0. The Bertz CT molecular complexity index is 614. The topological polar surface area (TPSA) is 70.5 Å². The Kier molecular flexibility index (Phi) is 6.57. The van der Waals surface area contributed by atoms with E-state index >= 15 is 0 Å². The van der Waals surface area contributed by atoms with Crippen LogP contribution in [0.1, 0.15) is 49.9 Å². The lowest BCUT2D eigenvalue weighted by Gasteiger charge is -2.19. The van der Waals surface area contributed by atoms with Gasteiger partial charge < -0.3 is 20.9 Å². The zero-order valence-corrected chi connectivity index (χ0v) is 15.8. The molecule has 4 heteroatoms. The van der Waals surface area contributed by atoms with Crippen molar-refractivity contribution >= 4 is 11.4 Å². The van der Waals surface area contributed by atoms with Crippen LogP contribution in [-0.2, 0) is 25.7 Å². The van der Waals surface area contributed by atoms with Gasteiger partial charge in [-0.05, 0) is 72.2 Å². The molecule has 0 atom stereocenters. The summed E-state index contributed by atoms with van der Waals surface area (Å²) in [5.74, 6) is 1.79. The highest BCUT2D eigenvalue weighted by Crippen LogP contribution is 2.31. The maximum Gasteiger partial charge on any atom is 0.230 e. The highest BCUT2D eigenvalue weighted by molar-refractivity contribution is 5.54. The van der Waals surface area contributed by atoms with Gasteiger partial charge in [-0.15, -0.1) is 0 Å². The van der Waals surface area contributed by atoms with Crippen molar-refractivity contribution < 1.29 is 9.47 Å². The van der Waals surface area contributed by atoms with Crippen molar-refractivity contribution in [3.8, 4) is 11.5 Å². The lowest BCUT2D eigenvalue weighted by atomic mass is 10.0. The fourth-order valence-corrected chi connectivity index (χ4v) is 3.13. The Morgan fingerprint density at radius 2 is 0.880 bits per heavy atom. The van der Waals surface area contributed by atoms with Gasteiger partial charge in [-0.1, -0.05) is 27.7 Å². The van der Waals surface area contributed by atoms with Crippen molar-refractivity contribution in [2.45, 2.75) is 53.4 Å². The minimum absolute atomic E-state index is 0.174. The second-order valence-electron chi connectivity index (χ2n) is 6.16. The molecule has 0 saturated carbocycles. The van der Waals surface area contributed by atoms with Crippen molar-refractivity contribution in [1.82, 2.24) is 0 Å². The van der Waals surface area contributed by atoms with Gasteiger partial charge in [-0.25, -0.2) is 0 Å². The molecule has 25 heavy (non-hydrogen) atoms. The Labute approximate surface area is 151 Å². The molecule has 0 saturated heterocycles. The third kappa shape index (κ3) is 4.38. The van der Waals surface area contributed by atoms with Gasteiger partial charge in [0.15, 0.2) is 0 Å². The molecule has 0 fully saturated rings. The molecular weight excluding hydrogens is 312 g/mol. The summed E-state index contributed by atoms with van der Waals surface area (Å²) in [5.41, 5.74) is 18.0. The van der Waals surface area contributed by atoms with Gasteiger partial charge in [-0.2, -0.15) is 0 Å². The number of benzene rings is 2. The monoisotopic (exact) mass is 342 g/mol. The van der Waals surface area contributed by atoms with E-state index in [0.29, 0.717) is 0 Å². The average molecular weight is 342 g/mol. The van der Waals surface area contributed by atoms with E-state index in [4.69, 9.17) is 20.9 Å². The quantitative estimate of drug-likeness (QED) is 0.547. The molecule has 0 bridgehead atoms. The lowest BCUT2D eigenvalue weighted by molar-refractivity contribution is 0.116.